The molecule has 1 heterocycles. The van der Waals surface area contributed by atoms with E-state index in [4.69, 9.17) is 16.9 Å². The summed E-state index contributed by atoms with van der Waals surface area (Å²) in [7, 11) is 0. The molecule has 0 unspecified atom stereocenters. The molecule has 0 aromatic heterocycles. The van der Waals surface area contributed by atoms with Crippen molar-refractivity contribution < 1.29 is 0 Å². The normalized spacial score (nSPS) is 20.3. The van der Waals surface area contributed by atoms with Gasteiger partial charge in [0.2, 0.25) is 0 Å². The number of nitrogens with zero attached hydrogens (tertiary/aromatic N) is 1. The predicted molar refractivity (Wildman–Crippen MR) is 45.3 cm³/mol. The average Bonchev–Trinajstić information content (AvgIpc) is 2.05. The molecule has 1 rings (SSSR count). The number of piperidine rings is 1. The van der Waals surface area contributed by atoms with Crippen molar-refractivity contribution in [3.8, 4) is 0 Å². The highest BCUT2D eigenvalue weighted by Crippen LogP contribution is 2.14. The van der Waals surface area contributed by atoms with Gasteiger partial charge in [0, 0.05) is 13.1 Å². The summed E-state index contributed by atoms with van der Waals surface area (Å²) in [5.74, 6) is 0.839. The molecule has 5 N–H and O–H groups in total. The third-order valence-corrected chi connectivity index (χ3v) is 2.29. The molecule has 0 aromatic rings. The number of nitrogens with one attached hydrogen (secondary N) is 1. The molecular formula is C7H16N4. The molecule has 0 aliphatic carbocycles. The fourth-order valence-corrected chi connectivity index (χ4v) is 1.41. The van der Waals surface area contributed by atoms with Crippen molar-refractivity contribution in [1.29, 1.82) is 5.41 Å². The minimum Gasteiger partial charge on any atom is -0.370 e. The Labute approximate surface area is 67.0 Å². The molecule has 0 radical (unpaired) electrons. The Balaban J connectivity index is 2.30. The van der Waals surface area contributed by atoms with Gasteiger partial charge in [-0.15, -0.1) is 0 Å². The number of guanidine groups is 1. The number of rotatable bonds is 1. The summed E-state index contributed by atoms with van der Waals surface area (Å²) in [6.45, 7) is 2.57. The van der Waals surface area contributed by atoms with E-state index in [1.807, 2.05) is 4.90 Å². The van der Waals surface area contributed by atoms with Crippen molar-refractivity contribution in [3.05, 3.63) is 0 Å². The van der Waals surface area contributed by atoms with Crippen LogP contribution in [0, 0.1) is 11.3 Å². The zero-order chi connectivity index (χ0) is 8.27. The zero-order valence-electron chi connectivity index (χ0n) is 6.71. The van der Waals surface area contributed by atoms with E-state index in [2.05, 4.69) is 0 Å². The summed E-state index contributed by atoms with van der Waals surface area (Å²) in [6, 6.07) is 0. The predicted octanol–water partition coefficient (Wildman–Crippen LogP) is -0.449. The lowest BCUT2D eigenvalue weighted by Gasteiger charge is -2.31. The molecule has 0 aromatic carbocycles. The number of likely N-dealkylation sites (tertiary alicyclic amines) is 1. The first-order valence-electron chi connectivity index (χ1n) is 4.03. The first-order valence-corrected chi connectivity index (χ1v) is 4.03. The third-order valence-electron chi connectivity index (χ3n) is 2.29. The monoisotopic (exact) mass is 156 g/mol. The third kappa shape index (κ3) is 2.08. The molecule has 11 heavy (non-hydrogen) atoms. The van der Waals surface area contributed by atoms with E-state index in [0.717, 1.165) is 32.5 Å². The molecule has 4 heteroatoms. The van der Waals surface area contributed by atoms with Crippen LogP contribution in [0.5, 0.6) is 0 Å². The maximum atomic E-state index is 7.18. The Morgan fingerprint density at radius 3 is 2.36 bits per heavy atom. The van der Waals surface area contributed by atoms with Crippen LogP contribution in [0.3, 0.4) is 0 Å². The van der Waals surface area contributed by atoms with Gasteiger partial charge in [0.25, 0.3) is 0 Å². The van der Waals surface area contributed by atoms with Gasteiger partial charge in [-0.2, -0.15) is 0 Å². The van der Waals surface area contributed by atoms with Crippen LogP contribution in [0.15, 0.2) is 0 Å². The lowest BCUT2D eigenvalue weighted by atomic mass is 9.97. The summed E-state index contributed by atoms with van der Waals surface area (Å²) >= 11 is 0. The fraction of sp³-hybridized carbons (Fsp3) is 0.857. The van der Waals surface area contributed by atoms with Gasteiger partial charge in [-0.05, 0) is 25.3 Å². The van der Waals surface area contributed by atoms with Crippen LogP contribution in [0.2, 0.25) is 0 Å². The van der Waals surface area contributed by atoms with Crippen LogP contribution in [-0.4, -0.2) is 30.5 Å². The van der Waals surface area contributed by atoms with E-state index in [1.165, 1.54) is 0 Å². The van der Waals surface area contributed by atoms with Gasteiger partial charge in [-0.25, -0.2) is 0 Å². The second-order valence-corrected chi connectivity index (χ2v) is 3.05. The molecule has 4 nitrogen and oxygen atoms in total. The standard InChI is InChI=1S/C7H16N4/c8-5-6-1-3-11(4-2-6)7(9)10/h6H,1-5,8H2,(H3,9,10). The summed E-state index contributed by atoms with van der Waals surface area (Å²) in [5.41, 5.74) is 10.9. The minimum absolute atomic E-state index is 0.195. The van der Waals surface area contributed by atoms with Crippen LogP contribution in [-0.2, 0) is 0 Å². The Bertz CT molecular complexity index is 137. The molecule has 1 saturated heterocycles. The molecular weight excluding hydrogens is 140 g/mol. The van der Waals surface area contributed by atoms with Crippen LogP contribution < -0.4 is 11.5 Å². The quantitative estimate of drug-likeness (QED) is 0.355. The van der Waals surface area contributed by atoms with Crippen LogP contribution in [0.25, 0.3) is 0 Å². The maximum absolute atomic E-state index is 7.18. The van der Waals surface area contributed by atoms with Crippen LogP contribution in [0.1, 0.15) is 12.8 Å². The molecule has 0 bridgehead atoms. The number of hydrogen-bond acceptors (Lipinski definition) is 2. The summed E-state index contributed by atoms with van der Waals surface area (Å²) in [5, 5.41) is 7.18. The highest BCUT2D eigenvalue weighted by Gasteiger charge is 2.17. The van der Waals surface area contributed by atoms with Crippen molar-refractivity contribution in [2.75, 3.05) is 19.6 Å². The lowest BCUT2D eigenvalue weighted by Crippen LogP contribution is -2.43. The SMILES string of the molecule is N=C(N)N1CCC(CN)CC1. The zero-order valence-corrected chi connectivity index (χ0v) is 6.71. The van der Waals surface area contributed by atoms with Gasteiger partial charge in [0.1, 0.15) is 0 Å². The van der Waals surface area contributed by atoms with Crippen LogP contribution in [0.4, 0.5) is 0 Å². The fourth-order valence-electron chi connectivity index (χ4n) is 1.41. The van der Waals surface area contributed by atoms with Gasteiger partial charge >= 0.3 is 0 Å². The molecule has 0 atom stereocenters. The topological polar surface area (TPSA) is 79.1 Å². The molecule has 0 spiro atoms. The van der Waals surface area contributed by atoms with Gasteiger partial charge in [0.15, 0.2) is 5.96 Å². The summed E-state index contributed by atoms with van der Waals surface area (Å²) in [4.78, 5) is 1.90. The van der Waals surface area contributed by atoms with E-state index in [0.29, 0.717) is 5.92 Å². The summed E-state index contributed by atoms with van der Waals surface area (Å²) < 4.78 is 0. The number of nitrogens with two attached hydrogens (primary N) is 2. The molecule has 1 aliphatic rings. The highest BCUT2D eigenvalue weighted by molar-refractivity contribution is 5.74. The van der Waals surface area contributed by atoms with Crippen molar-refractivity contribution in [2.24, 2.45) is 17.4 Å². The van der Waals surface area contributed by atoms with Crippen LogP contribution >= 0.6 is 0 Å². The Hall–Kier alpha value is -0.770. The summed E-state index contributed by atoms with van der Waals surface area (Å²) in [6.07, 6.45) is 2.16. The van der Waals surface area contributed by atoms with Gasteiger partial charge in [-0.1, -0.05) is 0 Å². The smallest absolute Gasteiger partial charge is 0.188 e. The molecule has 64 valence electrons. The Kier molecular flexibility index (Phi) is 2.70. The van der Waals surface area contributed by atoms with E-state index in [1.54, 1.807) is 0 Å². The highest BCUT2D eigenvalue weighted by atomic mass is 15.2. The van der Waals surface area contributed by atoms with Crippen molar-refractivity contribution in [3.63, 3.8) is 0 Å². The average molecular weight is 156 g/mol. The Morgan fingerprint density at radius 1 is 1.45 bits per heavy atom. The van der Waals surface area contributed by atoms with Gasteiger partial charge in [-0.3, -0.25) is 5.41 Å². The van der Waals surface area contributed by atoms with E-state index in [-0.39, 0.29) is 5.96 Å². The molecule has 0 saturated carbocycles. The second-order valence-electron chi connectivity index (χ2n) is 3.05. The second kappa shape index (κ2) is 3.57. The van der Waals surface area contributed by atoms with E-state index >= 15 is 0 Å². The number of hydrogen-bond donors (Lipinski definition) is 3. The molecule has 1 fully saturated rings. The maximum Gasteiger partial charge on any atom is 0.188 e. The van der Waals surface area contributed by atoms with Crippen molar-refractivity contribution in [1.82, 2.24) is 4.90 Å². The van der Waals surface area contributed by atoms with E-state index < -0.39 is 0 Å². The Morgan fingerprint density at radius 2 is 2.00 bits per heavy atom. The molecule has 0 amide bonds. The minimum atomic E-state index is 0.195. The van der Waals surface area contributed by atoms with Crippen molar-refractivity contribution in [2.45, 2.75) is 12.8 Å². The van der Waals surface area contributed by atoms with Crippen molar-refractivity contribution >= 4 is 5.96 Å². The largest absolute Gasteiger partial charge is 0.370 e. The van der Waals surface area contributed by atoms with E-state index in [9.17, 15) is 0 Å². The van der Waals surface area contributed by atoms with Gasteiger partial charge in [0.05, 0.1) is 0 Å². The lowest BCUT2D eigenvalue weighted by molar-refractivity contribution is 0.268. The first kappa shape index (κ1) is 8.33. The first-order chi connectivity index (χ1) is 5.24. The molecule has 1 aliphatic heterocycles. The van der Waals surface area contributed by atoms with Gasteiger partial charge < -0.3 is 16.4 Å².